The number of ether oxygens (including phenoxy) is 2. The zero-order valence-electron chi connectivity index (χ0n) is 12.3. The van der Waals surface area contributed by atoms with Crippen LogP contribution in [0, 0.1) is 5.41 Å². The maximum atomic E-state index is 11.2. The van der Waals surface area contributed by atoms with Crippen LogP contribution in [0.15, 0.2) is 18.2 Å². The maximum Gasteiger partial charge on any atom is 0.339 e. The summed E-state index contributed by atoms with van der Waals surface area (Å²) in [4.78, 5) is 11.2. The van der Waals surface area contributed by atoms with E-state index < -0.39 is 5.97 Å². The zero-order valence-corrected chi connectivity index (χ0v) is 12.3. The lowest BCUT2D eigenvalue weighted by molar-refractivity contribution is 0.0674. The number of methoxy groups -OCH3 is 1. The van der Waals surface area contributed by atoms with Gasteiger partial charge in [0.05, 0.1) is 13.2 Å². The summed E-state index contributed by atoms with van der Waals surface area (Å²) in [6.45, 7) is 4.52. The lowest BCUT2D eigenvalue weighted by Gasteiger charge is -2.34. The van der Waals surface area contributed by atoms with Crippen LogP contribution < -0.4 is 9.47 Å². The minimum absolute atomic E-state index is 0.0910. The molecule has 110 valence electrons. The molecule has 0 aliphatic heterocycles. The average molecular weight is 278 g/mol. The first kappa shape index (κ1) is 14.7. The lowest BCUT2D eigenvalue weighted by atomic mass is 9.76. The van der Waals surface area contributed by atoms with Gasteiger partial charge in [-0.05, 0) is 43.2 Å². The van der Waals surface area contributed by atoms with E-state index in [2.05, 4.69) is 13.8 Å². The number of hydrogen-bond acceptors (Lipinski definition) is 3. The molecule has 4 heteroatoms. The normalized spacial score (nSPS) is 18.6. The quantitative estimate of drug-likeness (QED) is 0.911. The standard InChI is InChI=1S/C16H22O4/c1-16(2)8-6-11(7-9-16)20-14-10-12(19-3)4-5-13(14)15(17)18/h4-5,10-11H,6-9H2,1-3H3,(H,17,18). The molecule has 0 saturated heterocycles. The molecule has 0 amide bonds. The third-order valence-corrected chi connectivity index (χ3v) is 4.00. The third kappa shape index (κ3) is 3.44. The molecule has 4 nitrogen and oxygen atoms in total. The van der Waals surface area contributed by atoms with E-state index in [1.165, 1.54) is 6.07 Å². The van der Waals surface area contributed by atoms with E-state index in [0.717, 1.165) is 25.7 Å². The van der Waals surface area contributed by atoms with Gasteiger partial charge < -0.3 is 14.6 Å². The molecule has 1 fully saturated rings. The highest BCUT2D eigenvalue weighted by Gasteiger charge is 2.28. The lowest BCUT2D eigenvalue weighted by Crippen LogP contribution is -2.28. The molecular formula is C16H22O4. The first-order valence-electron chi connectivity index (χ1n) is 6.99. The highest BCUT2D eigenvalue weighted by Crippen LogP contribution is 2.37. The topological polar surface area (TPSA) is 55.8 Å². The van der Waals surface area contributed by atoms with Gasteiger partial charge in [-0.25, -0.2) is 4.79 Å². The Kier molecular flexibility index (Phi) is 4.21. The molecule has 1 saturated carbocycles. The number of carboxylic acid groups (broad SMARTS) is 1. The highest BCUT2D eigenvalue weighted by atomic mass is 16.5. The van der Waals surface area contributed by atoms with Crippen molar-refractivity contribution >= 4 is 5.97 Å². The summed E-state index contributed by atoms with van der Waals surface area (Å²) in [6.07, 6.45) is 4.22. The van der Waals surface area contributed by atoms with Gasteiger partial charge in [-0.15, -0.1) is 0 Å². The van der Waals surface area contributed by atoms with Crippen molar-refractivity contribution in [2.24, 2.45) is 5.41 Å². The van der Waals surface area contributed by atoms with Gasteiger partial charge in [0.1, 0.15) is 17.1 Å². The summed E-state index contributed by atoms with van der Waals surface area (Å²) in [5, 5.41) is 9.22. The first-order valence-corrected chi connectivity index (χ1v) is 6.99. The average Bonchev–Trinajstić information content (AvgIpc) is 2.40. The maximum absolute atomic E-state index is 11.2. The van der Waals surface area contributed by atoms with Crippen molar-refractivity contribution in [1.82, 2.24) is 0 Å². The van der Waals surface area contributed by atoms with Gasteiger partial charge in [0.25, 0.3) is 0 Å². The van der Waals surface area contributed by atoms with Crippen LogP contribution in [0.4, 0.5) is 0 Å². The van der Waals surface area contributed by atoms with Gasteiger partial charge in [0.2, 0.25) is 0 Å². The second-order valence-electron chi connectivity index (χ2n) is 6.15. The van der Waals surface area contributed by atoms with E-state index in [1.54, 1.807) is 19.2 Å². The molecule has 0 spiro atoms. The van der Waals surface area contributed by atoms with E-state index in [4.69, 9.17) is 9.47 Å². The van der Waals surface area contributed by atoms with Crippen molar-refractivity contribution in [3.05, 3.63) is 23.8 Å². The molecule has 1 aliphatic rings. The fourth-order valence-electron chi connectivity index (χ4n) is 2.57. The Morgan fingerprint density at radius 2 is 1.95 bits per heavy atom. The number of carbonyl (C=O) groups is 1. The van der Waals surface area contributed by atoms with Crippen LogP contribution in [0.5, 0.6) is 11.5 Å². The Balaban J connectivity index is 2.14. The molecular weight excluding hydrogens is 256 g/mol. The van der Waals surface area contributed by atoms with Crippen LogP contribution >= 0.6 is 0 Å². The fourth-order valence-corrected chi connectivity index (χ4v) is 2.57. The van der Waals surface area contributed by atoms with E-state index in [1.807, 2.05) is 0 Å². The van der Waals surface area contributed by atoms with Gasteiger partial charge in [0.15, 0.2) is 0 Å². The minimum atomic E-state index is -0.973. The van der Waals surface area contributed by atoms with E-state index >= 15 is 0 Å². The SMILES string of the molecule is COc1ccc(C(=O)O)c(OC2CCC(C)(C)CC2)c1. The molecule has 0 aromatic heterocycles. The molecule has 0 radical (unpaired) electrons. The molecule has 1 aromatic carbocycles. The summed E-state index contributed by atoms with van der Waals surface area (Å²) in [6, 6.07) is 4.83. The molecule has 20 heavy (non-hydrogen) atoms. The van der Waals surface area contributed by atoms with Crippen LogP contribution in [0.1, 0.15) is 49.9 Å². The summed E-state index contributed by atoms with van der Waals surface area (Å²) in [7, 11) is 1.56. The van der Waals surface area contributed by atoms with Crippen molar-refractivity contribution in [3.8, 4) is 11.5 Å². The second-order valence-corrected chi connectivity index (χ2v) is 6.15. The molecule has 1 N–H and O–H groups in total. The zero-order chi connectivity index (χ0) is 14.8. The van der Waals surface area contributed by atoms with Crippen LogP contribution in [-0.4, -0.2) is 24.3 Å². The van der Waals surface area contributed by atoms with E-state index in [-0.39, 0.29) is 11.7 Å². The Morgan fingerprint density at radius 1 is 1.30 bits per heavy atom. The van der Waals surface area contributed by atoms with Crippen molar-refractivity contribution in [2.45, 2.75) is 45.6 Å². The van der Waals surface area contributed by atoms with Crippen LogP contribution in [0.25, 0.3) is 0 Å². The van der Waals surface area contributed by atoms with Crippen molar-refractivity contribution in [2.75, 3.05) is 7.11 Å². The van der Waals surface area contributed by atoms with Crippen molar-refractivity contribution in [3.63, 3.8) is 0 Å². The number of aromatic carboxylic acids is 1. The number of carboxylic acids is 1. The van der Waals surface area contributed by atoms with E-state index in [9.17, 15) is 9.90 Å². The van der Waals surface area contributed by atoms with Gasteiger partial charge in [-0.3, -0.25) is 0 Å². The fraction of sp³-hybridized carbons (Fsp3) is 0.562. The van der Waals surface area contributed by atoms with Crippen molar-refractivity contribution in [1.29, 1.82) is 0 Å². The van der Waals surface area contributed by atoms with Gasteiger partial charge in [-0.1, -0.05) is 13.8 Å². The Morgan fingerprint density at radius 3 is 2.50 bits per heavy atom. The number of benzene rings is 1. The smallest absolute Gasteiger partial charge is 0.339 e. The molecule has 0 bridgehead atoms. The Hall–Kier alpha value is -1.71. The van der Waals surface area contributed by atoms with Crippen LogP contribution in [0.2, 0.25) is 0 Å². The summed E-state index contributed by atoms with van der Waals surface area (Å²) < 4.78 is 11.1. The summed E-state index contributed by atoms with van der Waals surface area (Å²) in [5.74, 6) is 0.0430. The van der Waals surface area contributed by atoms with Crippen molar-refractivity contribution < 1.29 is 19.4 Å². The van der Waals surface area contributed by atoms with Gasteiger partial charge >= 0.3 is 5.97 Å². The third-order valence-electron chi connectivity index (χ3n) is 4.00. The highest BCUT2D eigenvalue weighted by molar-refractivity contribution is 5.91. The minimum Gasteiger partial charge on any atom is -0.497 e. The Labute approximate surface area is 119 Å². The predicted molar refractivity (Wildman–Crippen MR) is 76.6 cm³/mol. The monoisotopic (exact) mass is 278 g/mol. The van der Waals surface area contributed by atoms with Crippen LogP contribution in [0.3, 0.4) is 0 Å². The number of hydrogen-bond donors (Lipinski definition) is 1. The van der Waals surface area contributed by atoms with E-state index in [0.29, 0.717) is 16.9 Å². The van der Waals surface area contributed by atoms with Crippen LogP contribution in [-0.2, 0) is 0 Å². The Bertz CT molecular complexity index is 483. The molecule has 0 heterocycles. The second kappa shape index (κ2) is 5.73. The summed E-state index contributed by atoms with van der Waals surface area (Å²) in [5.41, 5.74) is 0.555. The largest absolute Gasteiger partial charge is 0.497 e. The molecule has 1 aromatic rings. The first-order chi connectivity index (χ1) is 9.41. The number of rotatable bonds is 4. The molecule has 0 atom stereocenters. The molecule has 2 rings (SSSR count). The van der Waals surface area contributed by atoms with Gasteiger partial charge in [0, 0.05) is 6.07 Å². The summed E-state index contributed by atoms with van der Waals surface area (Å²) >= 11 is 0. The van der Waals surface area contributed by atoms with Gasteiger partial charge in [-0.2, -0.15) is 0 Å². The predicted octanol–water partition coefficient (Wildman–Crippen LogP) is 3.74. The molecule has 0 unspecified atom stereocenters. The molecule has 1 aliphatic carbocycles.